The van der Waals surface area contributed by atoms with Crippen LogP contribution in [0, 0.1) is 0 Å². The number of hydrogen-bond acceptors (Lipinski definition) is 3. The van der Waals surface area contributed by atoms with Crippen molar-refractivity contribution in [3.8, 4) is 5.75 Å². The molecular weight excluding hydrogens is 216 g/mol. The largest absolute Gasteiger partial charge is 0.497 e. The third kappa shape index (κ3) is 2.45. The van der Waals surface area contributed by atoms with Crippen LogP contribution < -0.4 is 4.74 Å². The Balaban J connectivity index is 2.27. The number of aliphatic hydroxyl groups excluding tert-OH is 2. The van der Waals surface area contributed by atoms with Crippen LogP contribution in [-0.2, 0) is 5.41 Å². The Bertz CT molecular complexity index is 367. The quantitative estimate of drug-likeness (QED) is 0.842. The highest BCUT2D eigenvalue weighted by atomic mass is 16.5. The Hall–Kier alpha value is -1.06. The lowest BCUT2D eigenvalue weighted by Gasteiger charge is -2.38. The first-order valence-electron chi connectivity index (χ1n) is 6.14. The molecule has 1 fully saturated rings. The van der Waals surface area contributed by atoms with E-state index in [1.54, 1.807) is 7.11 Å². The molecule has 94 valence electrons. The maximum Gasteiger partial charge on any atom is 0.119 e. The zero-order valence-electron chi connectivity index (χ0n) is 10.2. The molecule has 1 aliphatic rings. The van der Waals surface area contributed by atoms with E-state index >= 15 is 0 Å². The van der Waals surface area contributed by atoms with Gasteiger partial charge in [0.05, 0.1) is 19.8 Å². The summed E-state index contributed by atoms with van der Waals surface area (Å²) in [6.45, 7) is 0.132. The highest BCUT2D eigenvalue weighted by Gasteiger charge is 2.36. The standard InChI is InChI=1S/C14H20O3/c1-17-13-4-2-3-11(9-13)14(10-15)7-5-12(16)6-8-14/h2-4,9,12,15-16H,5-8,10H2,1H3. The van der Waals surface area contributed by atoms with Crippen molar-refractivity contribution in [2.45, 2.75) is 37.2 Å². The number of rotatable bonds is 3. The number of aliphatic hydroxyl groups is 2. The Morgan fingerprint density at radius 2 is 2.06 bits per heavy atom. The molecule has 1 aromatic rings. The molecule has 1 aromatic carbocycles. The van der Waals surface area contributed by atoms with Crippen molar-refractivity contribution in [2.75, 3.05) is 13.7 Å². The van der Waals surface area contributed by atoms with Crippen LogP contribution in [-0.4, -0.2) is 30.0 Å². The number of ether oxygens (including phenoxy) is 1. The van der Waals surface area contributed by atoms with Crippen LogP contribution in [0.3, 0.4) is 0 Å². The molecule has 0 amide bonds. The van der Waals surface area contributed by atoms with Crippen molar-refractivity contribution in [3.05, 3.63) is 29.8 Å². The molecule has 0 atom stereocenters. The third-order valence-corrected chi connectivity index (χ3v) is 3.90. The summed E-state index contributed by atoms with van der Waals surface area (Å²) in [6, 6.07) is 7.90. The van der Waals surface area contributed by atoms with Gasteiger partial charge in [-0.25, -0.2) is 0 Å². The zero-order chi connectivity index (χ0) is 12.3. The van der Waals surface area contributed by atoms with Crippen molar-refractivity contribution in [1.82, 2.24) is 0 Å². The van der Waals surface area contributed by atoms with Gasteiger partial charge in [-0.3, -0.25) is 0 Å². The van der Waals surface area contributed by atoms with E-state index in [-0.39, 0.29) is 18.1 Å². The maximum atomic E-state index is 9.72. The molecule has 1 saturated carbocycles. The molecule has 17 heavy (non-hydrogen) atoms. The first-order chi connectivity index (χ1) is 8.20. The van der Waals surface area contributed by atoms with E-state index < -0.39 is 0 Å². The van der Waals surface area contributed by atoms with E-state index in [2.05, 4.69) is 0 Å². The Morgan fingerprint density at radius 3 is 2.65 bits per heavy atom. The fourth-order valence-corrected chi connectivity index (χ4v) is 2.65. The SMILES string of the molecule is COc1cccc(C2(CO)CCC(O)CC2)c1. The van der Waals surface area contributed by atoms with Gasteiger partial charge in [0.1, 0.15) is 5.75 Å². The van der Waals surface area contributed by atoms with E-state index in [4.69, 9.17) is 4.74 Å². The molecule has 0 aliphatic heterocycles. The van der Waals surface area contributed by atoms with Gasteiger partial charge in [0.2, 0.25) is 0 Å². The topological polar surface area (TPSA) is 49.7 Å². The monoisotopic (exact) mass is 236 g/mol. The average Bonchev–Trinajstić information content (AvgIpc) is 2.40. The Morgan fingerprint density at radius 1 is 1.35 bits per heavy atom. The number of benzene rings is 1. The molecule has 0 aromatic heterocycles. The van der Waals surface area contributed by atoms with Gasteiger partial charge >= 0.3 is 0 Å². The minimum atomic E-state index is -0.208. The smallest absolute Gasteiger partial charge is 0.119 e. The van der Waals surface area contributed by atoms with Crippen molar-refractivity contribution >= 4 is 0 Å². The zero-order valence-corrected chi connectivity index (χ0v) is 10.2. The Labute approximate surface area is 102 Å². The first kappa shape index (κ1) is 12.4. The lowest BCUT2D eigenvalue weighted by Crippen LogP contribution is -2.36. The third-order valence-electron chi connectivity index (χ3n) is 3.90. The summed E-state index contributed by atoms with van der Waals surface area (Å²) in [4.78, 5) is 0. The summed E-state index contributed by atoms with van der Waals surface area (Å²) in [6.07, 6.45) is 2.98. The van der Waals surface area contributed by atoms with Crippen LogP contribution in [0.4, 0.5) is 0 Å². The molecule has 0 bridgehead atoms. The van der Waals surface area contributed by atoms with Crippen molar-refractivity contribution < 1.29 is 14.9 Å². The minimum Gasteiger partial charge on any atom is -0.497 e. The van der Waals surface area contributed by atoms with Crippen LogP contribution in [0.5, 0.6) is 5.75 Å². The van der Waals surface area contributed by atoms with Crippen LogP contribution in [0.2, 0.25) is 0 Å². The minimum absolute atomic E-state index is 0.132. The van der Waals surface area contributed by atoms with Gasteiger partial charge in [0, 0.05) is 5.41 Å². The summed E-state index contributed by atoms with van der Waals surface area (Å²) in [5.41, 5.74) is 0.916. The molecule has 0 spiro atoms. The lowest BCUT2D eigenvalue weighted by molar-refractivity contribution is 0.0673. The molecular formula is C14H20O3. The van der Waals surface area contributed by atoms with Crippen molar-refractivity contribution in [1.29, 1.82) is 0 Å². The maximum absolute atomic E-state index is 9.72. The van der Waals surface area contributed by atoms with Gasteiger partial charge in [-0.1, -0.05) is 12.1 Å². The summed E-state index contributed by atoms with van der Waals surface area (Å²) in [7, 11) is 1.65. The van der Waals surface area contributed by atoms with E-state index in [1.807, 2.05) is 24.3 Å². The summed E-state index contributed by atoms with van der Waals surface area (Å²) < 4.78 is 5.23. The summed E-state index contributed by atoms with van der Waals surface area (Å²) in [5.74, 6) is 0.821. The van der Waals surface area contributed by atoms with E-state index in [0.717, 1.165) is 37.0 Å². The fourth-order valence-electron chi connectivity index (χ4n) is 2.65. The molecule has 3 nitrogen and oxygen atoms in total. The van der Waals surface area contributed by atoms with Gasteiger partial charge in [-0.2, -0.15) is 0 Å². The predicted molar refractivity (Wildman–Crippen MR) is 66.2 cm³/mol. The molecule has 0 heterocycles. The number of methoxy groups -OCH3 is 1. The number of hydrogen-bond donors (Lipinski definition) is 2. The van der Waals surface area contributed by atoms with E-state index in [9.17, 15) is 10.2 Å². The van der Waals surface area contributed by atoms with Gasteiger partial charge in [-0.15, -0.1) is 0 Å². The Kier molecular flexibility index (Phi) is 3.69. The van der Waals surface area contributed by atoms with Crippen molar-refractivity contribution in [3.63, 3.8) is 0 Å². The van der Waals surface area contributed by atoms with Crippen molar-refractivity contribution in [2.24, 2.45) is 0 Å². The molecule has 3 heteroatoms. The van der Waals surface area contributed by atoms with Gasteiger partial charge in [0.25, 0.3) is 0 Å². The molecule has 1 aliphatic carbocycles. The first-order valence-corrected chi connectivity index (χ1v) is 6.14. The molecule has 0 unspecified atom stereocenters. The van der Waals surface area contributed by atoms with E-state index in [1.165, 1.54) is 0 Å². The summed E-state index contributed by atoms with van der Waals surface area (Å²) >= 11 is 0. The van der Waals surface area contributed by atoms with Gasteiger partial charge in [0.15, 0.2) is 0 Å². The lowest BCUT2D eigenvalue weighted by atomic mass is 9.69. The second kappa shape index (κ2) is 5.07. The van der Waals surface area contributed by atoms with Crippen LogP contribution in [0.25, 0.3) is 0 Å². The highest BCUT2D eigenvalue weighted by Crippen LogP contribution is 2.40. The van der Waals surface area contributed by atoms with Crippen LogP contribution in [0.15, 0.2) is 24.3 Å². The molecule has 0 radical (unpaired) electrons. The predicted octanol–water partition coefficient (Wildman–Crippen LogP) is 1.86. The molecule has 2 rings (SSSR count). The van der Waals surface area contributed by atoms with Crippen LogP contribution >= 0.6 is 0 Å². The summed E-state index contributed by atoms with van der Waals surface area (Å²) in [5, 5.41) is 19.3. The van der Waals surface area contributed by atoms with Gasteiger partial charge in [-0.05, 0) is 43.4 Å². The van der Waals surface area contributed by atoms with E-state index in [0.29, 0.717) is 0 Å². The van der Waals surface area contributed by atoms with Gasteiger partial charge < -0.3 is 14.9 Å². The average molecular weight is 236 g/mol. The molecule has 2 N–H and O–H groups in total. The normalized spacial score (nSPS) is 29.0. The molecule has 0 saturated heterocycles. The fraction of sp³-hybridized carbons (Fsp3) is 0.571. The highest BCUT2D eigenvalue weighted by molar-refractivity contribution is 5.34. The second-order valence-electron chi connectivity index (χ2n) is 4.90. The van der Waals surface area contributed by atoms with Crippen LogP contribution in [0.1, 0.15) is 31.2 Å². The second-order valence-corrected chi connectivity index (χ2v) is 4.90.